The summed E-state index contributed by atoms with van der Waals surface area (Å²) in [6.45, 7) is -2.77. The predicted octanol–water partition coefficient (Wildman–Crippen LogP) is 4.34. The van der Waals surface area contributed by atoms with Crippen LogP contribution in [-0.4, -0.2) is 59.1 Å². The number of halogens is 4. The summed E-state index contributed by atoms with van der Waals surface area (Å²) in [5, 5.41) is 10.4. The van der Waals surface area contributed by atoms with Crippen LogP contribution >= 0.6 is 35.0 Å². The molecule has 1 aliphatic heterocycles. The molecule has 0 bridgehead atoms. The average molecular weight is 680 g/mol. The molecule has 5 rings (SSSR count). The Morgan fingerprint density at radius 1 is 1.23 bits per heavy atom. The van der Waals surface area contributed by atoms with Crippen LogP contribution in [0.1, 0.15) is 30.1 Å². The molecule has 0 amide bonds. The van der Waals surface area contributed by atoms with Crippen LogP contribution in [0.4, 0.5) is 8.78 Å². The summed E-state index contributed by atoms with van der Waals surface area (Å²) >= 11 is 13.7. The van der Waals surface area contributed by atoms with Crippen molar-refractivity contribution in [3.8, 4) is 11.5 Å². The standard InChI is InChI=1S/C26H26Cl2F2N4O7S2/c1-32-7-6-31-26(32)43(37,38)34-8-9-42-23(34)24(35)40-21(11-17-18(27)12-33(36)13-19(17)28)16-4-5-20(41-25(29)30)22(10-16)39-14-15-2-3-15/h4-7,10,12-13,15,21,23,25H,2-3,8-9,11,14H2,1H3/t21-,23?/m0/s1. The van der Waals surface area contributed by atoms with Gasteiger partial charge in [0.2, 0.25) is 5.16 Å². The molecule has 2 fully saturated rings. The number of benzene rings is 1. The maximum Gasteiger partial charge on any atom is 0.387 e. The van der Waals surface area contributed by atoms with Crippen molar-refractivity contribution in [2.45, 2.75) is 42.5 Å². The van der Waals surface area contributed by atoms with Crippen molar-refractivity contribution in [3.05, 3.63) is 69.4 Å². The van der Waals surface area contributed by atoms with Gasteiger partial charge in [-0.1, -0.05) is 29.3 Å². The number of carbonyl (C=O) groups excluding carboxylic acids is 1. The lowest BCUT2D eigenvalue weighted by Crippen LogP contribution is -2.41. The number of imidazole rings is 1. The molecule has 1 unspecified atom stereocenters. The van der Waals surface area contributed by atoms with Crippen LogP contribution in [0.2, 0.25) is 10.0 Å². The minimum atomic E-state index is -4.15. The van der Waals surface area contributed by atoms with Gasteiger partial charge in [0.05, 0.1) is 6.61 Å². The van der Waals surface area contributed by atoms with E-state index in [2.05, 4.69) is 9.72 Å². The third-order valence-corrected chi connectivity index (χ3v) is 10.6. The molecule has 1 aromatic carbocycles. The van der Waals surface area contributed by atoms with Gasteiger partial charge in [-0.15, -0.1) is 11.8 Å². The monoisotopic (exact) mass is 678 g/mol. The molecule has 3 aromatic rings. The Hall–Kier alpha value is -2.85. The second-order valence-corrected chi connectivity index (χ2v) is 13.7. The maximum atomic E-state index is 13.6. The molecule has 43 heavy (non-hydrogen) atoms. The van der Waals surface area contributed by atoms with Gasteiger partial charge in [0, 0.05) is 43.7 Å². The van der Waals surface area contributed by atoms with Gasteiger partial charge in [-0.05, 0) is 36.5 Å². The van der Waals surface area contributed by atoms with Gasteiger partial charge < -0.3 is 24.0 Å². The van der Waals surface area contributed by atoms with E-state index in [1.165, 1.54) is 42.2 Å². The number of alkyl halides is 2. The number of sulfonamides is 1. The van der Waals surface area contributed by atoms with E-state index >= 15 is 0 Å². The van der Waals surface area contributed by atoms with Gasteiger partial charge in [-0.3, -0.25) is 0 Å². The number of hydrogen-bond acceptors (Lipinski definition) is 9. The molecule has 17 heteroatoms. The zero-order valence-electron chi connectivity index (χ0n) is 22.6. The van der Waals surface area contributed by atoms with E-state index < -0.39 is 34.1 Å². The lowest BCUT2D eigenvalue weighted by Gasteiger charge is -2.25. The SMILES string of the molecule is Cn1ccnc1S(=O)(=O)N1CCSC1C(=O)O[C@@H](Cc1c(Cl)c[n+]([O-])cc1Cl)c1ccc(OC(F)F)c(OCC2CC2)c1. The fourth-order valence-electron chi connectivity index (χ4n) is 4.45. The van der Waals surface area contributed by atoms with Crippen molar-refractivity contribution in [3.63, 3.8) is 0 Å². The van der Waals surface area contributed by atoms with E-state index in [0.717, 1.165) is 41.3 Å². The third kappa shape index (κ3) is 7.28. The molecule has 1 aliphatic carbocycles. The van der Waals surface area contributed by atoms with Crippen LogP contribution in [0.3, 0.4) is 0 Å². The first-order valence-corrected chi connectivity index (χ1v) is 16.3. The highest BCUT2D eigenvalue weighted by molar-refractivity contribution is 8.02. The molecule has 11 nitrogen and oxygen atoms in total. The molecule has 0 radical (unpaired) electrons. The number of pyridine rings is 1. The number of rotatable bonds is 12. The zero-order valence-corrected chi connectivity index (χ0v) is 25.7. The van der Waals surface area contributed by atoms with Crippen molar-refractivity contribution < 1.29 is 40.9 Å². The van der Waals surface area contributed by atoms with E-state index in [0.29, 0.717) is 22.0 Å². The first-order chi connectivity index (χ1) is 20.4. The fraction of sp³-hybridized carbons (Fsp3) is 0.423. The van der Waals surface area contributed by atoms with E-state index in [1.54, 1.807) is 0 Å². The number of ether oxygens (including phenoxy) is 3. The number of aryl methyl sites for hydroxylation is 1. The van der Waals surface area contributed by atoms with Gasteiger partial charge in [0.15, 0.2) is 29.3 Å². The van der Waals surface area contributed by atoms with Gasteiger partial charge >= 0.3 is 12.6 Å². The van der Waals surface area contributed by atoms with Crippen molar-refractivity contribution >= 4 is 51.0 Å². The summed E-state index contributed by atoms with van der Waals surface area (Å²) < 4.78 is 72.1. The molecule has 3 heterocycles. The fourth-order valence-corrected chi connectivity index (χ4v) is 8.18. The topological polar surface area (TPSA) is 127 Å². The van der Waals surface area contributed by atoms with Gasteiger partial charge in [0.1, 0.15) is 16.1 Å². The van der Waals surface area contributed by atoms with Crippen LogP contribution in [-0.2, 0) is 33.0 Å². The smallest absolute Gasteiger partial charge is 0.387 e. The number of aromatic nitrogens is 3. The number of nitrogens with zero attached hydrogens (tertiary/aromatic N) is 4. The van der Waals surface area contributed by atoms with Crippen LogP contribution in [0.25, 0.3) is 0 Å². The lowest BCUT2D eigenvalue weighted by atomic mass is 10.0. The first kappa shape index (κ1) is 31.6. The Morgan fingerprint density at radius 2 is 1.95 bits per heavy atom. The van der Waals surface area contributed by atoms with Gasteiger partial charge in [0.25, 0.3) is 10.0 Å². The number of thioether (sulfide) groups is 1. The summed E-state index contributed by atoms with van der Waals surface area (Å²) in [4.78, 5) is 17.5. The summed E-state index contributed by atoms with van der Waals surface area (Å²) in [6, 6.07) is 4.11. The molecule has 0 N–H and O–H groups in total. The maximum absolute atomic E-state index is 13.6. The molecule has 2 aliphatic rings. The number of esters is 1. The van der Waals surface area contributed by atoms with Crippen molar-refractivity contribution in [2.24, 2.45) is 13.0 Å². The quantitative estimate of drug-likeness (QED) is 0.156. The Balaban J connectivity index is 1.48. The Kier molecular flexibility index (Phi) is 9.56. The van der Waals surface area contributed by atoms with Crippen LogP contribution < -0.4 is 14.2 Å². The largest absolute Gasteiger partial charge is 0.619 e. The van der Waals surface area contributed by atoms with E-state index in [4.69, 9.17) is 32.7 Å². The molecule has 0 spiro atoms. The second-order valence-electron chi connectivity index (χ2n) is 9.92. The summed E-state index contributed by atoms with van der Waals surface area (Å²) in [6.07, 6.45) is 5.60. The highest BCUT2D eigenvalue weighted by Crippen LogP contribution is 2.39. The van der Waals surface area contributed by atoms with Crippen molar-refractivity contribution in [2.75, 3.05) is 18.9 Å². The molecular formula is C26H26Cl2F2N4O7S2. The number of hydrogen-bond donors (Lipinski definition) is 0. The van der Waals surface area contributed by atoms with Crippen LogP contribution in [0.5, 0.6) is 11.5 Å². The highest BCUT2D eigenvalue weighted by Gasteiger charge is 2.43. The second kappa shape index (κ2) is 13.0. The lowest BCUT2D eigenvalue weighted by molar-refractivity contribution is -0.605. The van der Waals surface area contributed by atoms with Crippen LogP contribution in [0.15, 0.2) is 48.1 Å². The highest BCUT2D eigenvalue weighted by atomic mass is 35.5. The Morgan fingerprint density at radius 3 is 2.58 bits per heavy atom. The minimum Gasteiger partial charge on any atom is -0.619 e. The predicted molar refractivity (Wildman–Crippen MR) is 153 cm³/mol. The molecule has 232 valence electrons. The molecular weight excluding hydrogens is 653 g/mol. The molecule has 1 saturated carbocycles. The Labute approximate surface area is 260 Å². The Bertz CT molecular complexity index is 1580. The molecule has 2 atom stereocenters. The number of carbonyl (C=O) groups is 1. The van der Waals surface area contributed by atoms with Gasteiger partial charge in [-0.2, -0.15) is 17.8 Å². The van der Waals surface area contributed by atoms with Crippen molar-refractivity contribution in [1.29, 1.82) is 0 Å². The third-order valence-electron chi connectivity index (χ3n) is 6.80. The van der Waals surface area contributed by atoms with E-state index in [1.807, 2.05) is 0 Å². The van der Waals surface area contributed by atoms with Crippen molar-refractivity contribution in [1.82, 2.24) is 13.9 Å². The first-order valence-electron chi connectivity index (χ1n) is 13.0. The summed E-state index contributed by atoms with van der Waals surface area (Å²) in [5.41, 5.74) is 0.589. The molecule has 2 aromatic heterocycles. The minimum absolute atomic E-state index is 0.000590. The summed E-state index contributed by atoms with van der Waals surface area (Å²) in [7, 11) is -2.63. The molecule has 1 saturated heterocycles. The zero-order chi connectivity index (χ0) is 30.9. The average Bonchev–Trinajstić information content (AvgIpc) is 3.42. The van der Waals surface area contributed by atoms with Crippen LogP contribution in [0, 0.1) is 11.1 Å². The van der Waals surface area contributed by atoms with E-state index in [-0.39, 0.29) is 51.8 Å². The van der Waals surface area contributed by atoms with Gasteiger partial charge in [-0.25, -0.2) is 18.2 Å². The normalized spacial score (nSPS) is 18.1. The van der Waals surface area contributed by atoms with E-state index in [9.17, 15) is 27.2 Å². The summed E-state index contributed by atoms with van der Waals surface area (Å²) in [5.74, 6) is -0.440.